The van der Waals surface area contributed by atoms with E-state index in [0.29, 0.717) is 16.0 Å². The molecule has 0 radical (unpaired) electrons. The molecule has 34 heavy (non-hydrogen) atoms. The number of pyridine rings is 1. The van der Waals surface area contributed by atoms with Crippen LogP contribution in [0.1, 0.15) is 21.6 Å². The third-order valence-electron chi connectivity index (χ3n) is 4.65. The van der Waals surface area contributed by atoms with Gasteiger partial charge < -0.3 is 10.1 Å². The lowest BCUT2D eigenvalue weighted by Gasteiger charge is -2.13. The van der Waals surface area contributed by atoms with Crippen LogP contribution in [0.25, 0.3) is 5.69 Å². The standard InChI is InChI=1S/C23H15ClF4N4O2/c24-15-3-1-4-16(10-15)32-21(23(26,27)28)18(13-31-32)22(33)30-11-14-6-7-20(19(25)9-14)34-17-5-2-8-29-12-17/h1-10,12-13H,11H2,(H,30,33). The molecule has 2 aromatic carbocycles. The SMILES string of the molecule is O=C(NCc1ccc(Oc2cccnc2)c(F)c1)c1cnn(-c2cccc(Cl)c2)c1C(F)(F)F. The molecule has 0 atom stereocenters. The number of benzene rings is 2. The number of amides is 1. The molecule has 1 amide bonds. The number of carbonyl (C=O) groups is 1. The van der Waals surface area contributed by atoms with E-state index in [1.807, 2.05) is 0 Å². The van der Waals surface area contributed by atoms with Crippen LogP contribution in [0, 0.1) is 5.82 Å². The molecule has 2 aromatic heterocycles. The Kier molecular flexibility index (Phi) is 6.51. The second-order valence-electron chi connectivity index (χ2n) is 7.03. The van der Waals surface area contributed by atoms with Gasteiger partial charge in [-0.25, -0.2) is 9.07 Å². The van der Waals surface area contributed by atoms with Crippen molar-refractivity contribution in [2.24, 2.45) is 0 Å². The molecule has 2 heterocycles. The van der Waals surface area contributed by atoms with Crippen LogP contribution in [0.5, 0.6) is 11.5 Å². The van der Waals surface area contributed by atoms with Crippen molar-refractivity contribution in [3.8, 4) is 17.2 Å². The van der Waals surface area contributed by atoms with E-state index in [4.69, 9.17) is 16.3 Å². The van der Waals surface area contributed by atoms with Crippen molar-refractivity contribution in [1.82, 2.24) is 20.1 Å². The van der Waals surface area contributed by atoms with Gasteiger partial charge in [0.1, 0.15) is 5.75 Å². The molecule has 4 aromatic rings. The zero-order chi connectivity index (χ0) is 24.3. The van der Waals surface area contributed by atoms with Crippen molar-refractivity contribution >= 4 is 17.5 Å². The number of alkyl halides is 3. The molecule has 0 bridgehead atoms. The Morgan fingerprint density at radius 3 is 2.59 bits per heavy atom. The number of nitrogens with one attached hydrogen (secondary N) is 1. The summed E-state index contributed by atoms with van der Waals surface area (Å²) in [7, 11) is 0. The zero-order valence-corrected chi connectivity index (χ0v) is 17.9. The molecule has 0 fully saturated rings. The highest BCUT2D eigenvalue weighted by molar-refractivity contribution is 6.30. The molecular weight excluding hydrogens is 476 g/mol. The van der Waals surface area contributed by atoms with Gasteiger partial charge >= 0.3 is 6.18 Å². The molecule has 11 heteroatoms. The summed E-state index contributed by atoms with van der Waals surface area (Å²) in [4.78, 5) is 16.4. The topological polar surface area (TPSA) is 69.0 Å². The largest absolute Gasteiger partial charge is 0.453 e. The van der Waals surface area contributed by atoms with Gasteiger partial charge in [-0.05, 0) is 48.0 Å². The number of nitrogens with zero attached hydrogens (tertiary/aromatic N) is 3. The summed E-state index contributed by atoms with van der Waals surface area (Å²) >= 11 is 5.87. The predicted molar refractivity (Wildman–Crippen MR) is 115 cm³/mol. The molecular formula is C23H15ClF4N4O2. The quantitative estimate of drug-likeness (QED) is 0.347. The Morgan fingerprint density at radius 2 is 1.91 bits per heavy atom. The first-order valence-electron chi connectivity index (χ1n) is 9.78. The van der Waals surface area contributed by atoms with E-state index < -0.39 is 29.2 Å². The summed E-state index contributed by atoms with van der Waals surface area (Å²) in [5, 5.41) is 6.31. The molecule has 4 rings (SSSR count). The summed E-state index contributed by atoms with van der Waals surface area (Å²) in [6, 6.07) is 12.8. The van der Waals surface area contributed by atoms with E-state index in [9.17, 15) is 22.4 Å². The number of halogens is 5. The van der Waals surface area contributed by atoms with Gasteiger partial charge in [0.15, 0.2) is 17.3 Å². The minimum atomic E-state index is -4.87. The molecule has 6 nitrogen and oxygen atoms in total. The zero-order valence-electron chi connectivity index (χ0n) is 17.2. The molecule has 0 aliphatic heterocycles. The third kappa shape index (κ3) is 5.18. The van der Waals surface area contributed by atoms with Crippen molar-refractivity contribution in [3.05, 3.63) is 101 Å². The van der Waals surface area contributed by atoms with E-state index in [-0.39, 0.29) is 23.0 Å². The molecule has 1 N–H and O–H groups in total. The number of hydrogen-bond acceptors (Lipinski definition) is 4. The molecule has 0 unspecified atom stereocenters. The predicted octanol–water partition coefficient (Wildman–Crippen LogP) is 5.80. The Morgan fingerprint density at radius 1 is 1.09 bits per heavy atom. The summed E-state index contributed by atoms with van der Waals surface area (Å²) in [6.45, 7) is -0.220. The molecule has 0 spiro atoms. The first kappa shape index (κ1) is 23.2. The first-order valence-corrected chi connectivity index (χ1v) is 10.2. The van der Waals surface area contributed by atoms with Crippen molar-refractivity contribution in [2.75, 3.05) is 0 Å². The average Bonchev–Trinajstić information content (AvgIpc) is 3.26. The second-order valence-corrected chi connectivity index (χ2v) is 7.47. The summed E-state index contributed by atoms with van der Waals surface area (Å²) < 4.78 is 61.8. The maximum atomic E-state index is 14.4. The lowest BCUT2D eigenvalue weighted by atomic mass is 10.2. The van der Waals surface area contributed by atoms with E-state index in [1.54, 1.807) is 12.1 Å². The Balaban J connectivity index is 1.52. The number of rotatable bonds is 6. The third-order valence-corrected chi connectivity index (χ3v) is 4.88. The van der Waals surface area contributed by atoms with Gasteiger partial charge in [-0.15, -0.1) is 0 Å². The summed E-state index contributed by atoms with van der Waals surface area (Å²) in [5.41, 5.74) is -1.56. The van der Waals surface area contributed by atoms with Crippen molar-refractivity contribution in [2.45, 2.75) is 12.7 Å². The molecule has 0 aliphatic carbocycles. The van der Waals surface area contributed by atoms with Crippen LogP contribution in [0.2, 0.25) is 5.02 Å². The molecule has 0 saturated carbocycles. The highest BCUT2D eigenvalue weighted by Gasteiger charge is 2.40. The number of hydrogen-bond donors (Lipinski definition) is 1. The maximum Gasteiger partial charge on any atom is 0.434 e. The minimum Gasteiger partial charge on any atom is -0.453 e. The van der Waals surface area contributed by atoms with Crippen molar-refractivity contribution in [1.29, 1.82) is 0 Å². The van der Waals surface area contributed by atoms with E-state index in [1.165, 1.54) is 48.8 Å². The average molecular weight is 491 g/mol. The monoisotopic (exact) mass is 490 g/mol. The van der Waals surface area contributed by atoms with Crippen molar-refractivity contribution < 1.29 is 27.1 Å². The number of ether oxygens (including phenoxy) is 1. The fourth-order valence-electron chi connectivity index (χ4n) is 3.14. The van der Waals surface area contributed by atoms with Crippen LogP contribution >= 0.6 is 11.6 Å². The maximum absolute atomic E-state index is 14.4. The fourth-order valence-corrected chi connectivity index (χ4v) is 3.32. The van der Waals surface area contributed by atoms with Gasteiger partial charge in [-0.3, -0.25) is 9.78 Å². The van der Waals surface area contributed by atoms with Crippen LogP contribution in [0.15, 0.2) is 73.2 Å². The van der Waals surface area contributed by atoms with E-state index >= 15 is 0 Å². The smallest absolute Gasteiger partial charge is 0.434 e. The van der Waals surface area contributed by atoms with Crippen LogP contribution in [0.3, 0.4) is 0 Å². The molecule has 0 aliphatic rings. The highest BCUT2D eigenvalue weighted by atomic mass is 35.5. The second kappa shape index (κ2) is 9.52. The van der Waals surface area contributed by atoms with Gasteiger partial charge in [0.25, 0.3) is 5.91 Å². The fraction of sp³-hybridized carbons (Fsp3) is 0.0870. The van der Waals surface area contributed by atoms with Crippen LogP contribution in [-0.2, 0) is 12.7 Å². The summed E-state index contributed by atoms with van der Waals surface area (Å²) in [6.07, 6.45) is -1.10. The van der Waals surface area contributed by atoms with Gasteiger partial charge in [0.2, 0.25) is 0 Å². The van der Waals surface area contributed by atoms with Gasteiger partial charge in [-0.2, -0.15) is 18.3 Å². The highest BCUT2D eigenvalue weighted by Crippen LogP contribution is 2.34. The number of carbonyl (C=O) groups excluding carboxylic acids is 1. The van der Waals surface area contributed by atoms with Gasteiger partial charge in [0, 0.05) is 17.8 Å². The van der Waals surface area contributed by atoms with Crippen LogP contribution in [-0.4, -0.2) is 20.7 Å². The summed E-state index contributed by atoms with van der Waals surface area (Å²) in [5.74, 6) is -1.46. The Labute approximate surface area is 195 Å². The van der Waals surface area contributed by atoms with E-state index in [2.05, 4.69) is 15.4 Å². The lowest BCUT2D eigenvalue weighted by molar-refractivity contribution is -0.143. The Bertz CT molecular complexity index is 1330. The van der Waals surface area contributed by atoms with Crippen molar-refractivity contribution in [3.63, 3.8) is 0 Å². The normalized spacial score (nSPS) is 11.3. The van der Waals surface area contributed by atoms with Crippen LogP contribution in [0.4, 0.5) is 17.6 Å². The van der Waals surface area contributed by atoms with E-state index in [0.717, 1.165) is 12.3 Å². The molecule has 174 valence electrons. The molecule has 0 saturated heterocycles. The van der Waals surface area contributed by atoms with Gasteiger partial charge in [0.05, 0.1) is 23.6 Å². The van der Waals surface area contributed by atoms with Crippen LogP contribution < -0.4 is 10.1 Å². The number of aromatic nitrogens is 3. The lowest BCUT2D eigenvalue weighted by Crippen LogP contribution is -2.26. The Hall–Kier alpha value is -3.92. The van der Waals surface area contributed by atoms with Gasteiger partial charge in [-0.1, -0.05) is 23.7 Å². The first-order chi connectivity index (χ1) is 16.2. The minimum absolute atomic E-state index is 0.0464.